The molecule has 0 bridgehead atoms. The van der Waals surface area contributed by atoms with Gasteiger partial charge in [-0.05, 0) is 56.4 Å². The maximum atomic E-state index is 4.58. The molecule has 0 unspecified atom stereocenters. The van der Waals surface area contributed by atoms with Crippen molar-refractivity contribution >= 4 is 23.1 Å². The van der Waals surface area contributed by atoms with E-state index in [-0.39, 0.29) is 0 Å². The second-order valence-electron chi connectivity index (χ2n) is 7.19. The normalized spacial score (nSPS) is 14.2. The van der Waals surface area contributed by atoms with Gasteiger partial charge in [0.25, 0.3) is 0 Å². The molecule has 0 aliphatic carbocycles. The first-order valence-electron chi connectivity index (χ1n) is 9.32. The molecule has 3 rings (SSSR count). The molecule has 134 valence electrons. The highest BCUT2D eigenvalue weighted by atomic mass is 15.2. The Morgan fingerprint density at radius 3 is 2.48 bits per heavy atom. The van der Waals surface area contributed by atoms with Crippen LogP contribution in [0.2, 0.25) is 0 Å². The van der Waals surface area contributed by atoms with Crippen LogP contribution in [0.4, 0.5) is 23.1 Å². The Labute approximate surface area is 150 Å². The summed E-state index contributed by atoms with van der Waals surface area (Å²) in [4.78, 5) is 11.5. The van der Waals surface area contributed by atoms with Gasteiger partial charge in [-0.2, -0.15) is 4.98 Å². The fourth-order valence-electron chi connectivity index (χ4n) is 3.06. The monoisotopic (exact) mass is 339 g/mol. The number of aryl methyl sites for hydroxylation is 1. The Balaban J connectivity index is 1.64. The lowest BCUT2D eigenvalue weighted by Gasteiger charge is -2.18. The summed E-state index contributed by atoms with van der Waals surface area (Å²) in [6, 6.07) is 10.5. The summed E-state index contributed by atoms with van der Waals surface area (Å²) in [6.45, 7) is 9.71. The summed E-state index contributed by atoms with van der Waals surface area (Å²) in [5.41, 5.74) is 3.27. The van der Waals surface area contributed by atoms with Gasteiger partial charge in [0.1, 0.15) is 5.82 Å². The highest BCUT2D eigenvalue weighted by Gasteiger charge is 2.12. The van der Waals surface area contributed by atoms with E-state index in [1.807, 2.05) is 13.0 Å². The fourth-order valence-corrected chi connectivity index (χ4v) is 3.06. The minimum absolute atomic E-state index is 0.640. The van der Waals surface area contributed by atoms with E-state index < -0.39 is 0 Å². The van der Waals surface area contributed by atoms with Crippen molar-refractivity contribution in [2.75, 3.05) is 35.2 Å². The van der Waals surface area contributed by atoms with Crippen LogP contribution in [0.1, 0.15) is 38.8 Å². The van der Waals surface area contributed by atoms with Gasteiger partial charge in [-0.25, -0.2) is 4.98 Å². The number of nitrogens with one attached hydrogen (secondary N) is 2. The van der Waals surface area contributed by atoms with Crippen LogP contribution < -0.4 is 15.5 Å². The predicted octanol–water partition coefficient (Wildman–Crippen LogP) is 4.59. The van der Waals surface area contributed by atoms with Crippen molar-refractivity contribution < 1.29 is 0 Å². The molecule has 0 amide bonds. The van der Waals surface area contributed by atoms with E-state index in [1.54, 1.807) is 0 Å². The minimum atomic E-state index is 0.640. The smallest absolute Gasteiger partial charge is 0.229 e. The molecule has 0 atom stereocenters. The summed E-state index contributed by atoms with van der Waals surface area (Å²) in [5, 5.41) is 6.71. The Kier molecular flexibility index (Phi) is 5.74. The first-order valence-corrected chi connectivity index (χ1v) is 9.32. The molecule has 25 heavy (non-hydrogen) atoms. The summed E-state index contributed by atoms with van der Waals surface area (Å²) in [7, 11) is 0. The van der Waals surface area contributed by atoms with Gasteiger partial charge in [-0.15, -0.1) is 0 Å². The van der Waals surface area contributed by atoms with E-state index in [1.165, 1.54) is 31.6 Å². The molecule has 2 N–H and O–H groups in total. The van der Waals surface area contributed by atoms with Crippen LogP contribution in [0.5, 0.6) is 0 Å². The Bertz CT molecular complexity index is 675. The summed E-state index contributed by atoms with van der Waals surface area (Å²) >= 11 is 0. The molecule has 5 heteroatoms. The minimum Gasteiger partial charge on any atom is -0.372 e. The maximum Gasteiger partial charge on any atom is 0.229 e. The second-order valence-corrected chi connectivity index (χ2v) is 7.19. The fraction of sp³-hybridized carbons (Fsp3) is 0.500. The Hall–Kier alpha value is -2.30. The number of rotatable bonds is 7. The van der Waals surface area contributed by atoms with Crippen LogP contribution in [0, 0.1) is 12.8 Å². The summed E-state index contributed by atoms with van der Waals surface area (Å²) < 4.78 is 0. The molecule has 1 aliphatic heterocycles. The Morgan fingerprint density at radius 2 is 1.80 bits per heavy atom. The first-order chi connectivity index (χ1) is 12.1. The molecule has 2 aromatic rings. The average molecular weight is 339 g/mol. The van der Waals surface area contributed by atoms with Crippen molar-refractivity contribution in [2.24, 2.45) is 5.92 Å². The molecule has 1 fully saturated rings. The zero-order valence-corrected chi connectivity index (χ0v) is 15.5. The van der Waals surface area contributed by atoms with Crippen LogP contribution in [-0.4, -0.2) is 29.6 Å². The number of hydrogen-bond donors (Lipinski definition) is 2. The van der Waals surface area contributed by atoms with Crippen LogP contribution in [0.15, 0.2) is 30.3 Å². The highest BCUT2D eigenvalue weighted by Crippen LogP contribution is 2.23. The molecule has 1 aliphatic rings. The predicted molar refractivity (Wildman–Crippen MR) is 106 cm³/mol. The third kappa shape index (κ3) is 5.08. The van der Waals surface area contributed by atoms with Gasteiger partial charge in [0.15, 0.2) is 0 Å². The number of hydrogen-bond acceptors (Lipinski definition) is 5. The van der Waals surface area contributed by atoms with Crippen molar-refractivity contribution in [1.82, 2.24) is 9.97 Å². The van der Waals surface area contributed by atoms with Crippen molar-refractivity contribution in [3.8, 4) is 0 Å². The van der Waals surface area contributed by atoms with Crippen LogP contribution in [0.3, 0.4) is 0 Å². The lowest BCUT2D eigenvalue weighted by molar-refractivity contribution is 0.606. The summed E-state index contributed by atoms with van der Waals surface area (Å²) in [6.07, 6.45) is 3.72. The van der Waals surface area contributed by atoms with Gasteiger partial charge in [-0.3, -0.25) is 0 Å². The zero-order valence-electron chi connectivity index (χ0n) is 15.5. The van der Waals surface area contributed by atoms with Gasteiger partial charge in [0.2, 0.25) is 5.95 Å². The molecule has 1 aromatic heterocycles. The third-order valence-corrected chi connectivity index (χ3v) is 4.48. The van der Waals surface area contributed by atoms with E-state index in [4.69, 9.17) is 0 Å². The highest BCUT2D eigenvalue weighted by molar-refractivity contribution is 5.60. The number of nitrogens with zero attached hydrogens (tertiary/aromatic N) is 3. The lowest BCUT2D eigenvalue weighted by atomic mass is 10.1. The van der Waals surface area contributed by atoms with E-state index in [2.05, 4.69) is 63.6 Å². The van der Waals surface area contributed by atoms with Crippen LogP contribution >= 0.6 is 0 Å². The molecular formula is C20H29N5. The van der Waals surface area contributed by atoms with Crippen LogP contribution in [-0.2, 0) is 0 Å². The maximum absolute atomic E-state index is 4.58. The number of benzene rings is 1. The van der Waals surface area contributed by atoms with Gasteiger partial charge in [0, 0.05) is 42.8 Å². The molecular weight excluding hydrogens is 310 g/mol. The van der Waals surface area contributed by atoms with Gasteiger partial charge in [0.05, 0.1) is 0 Å². The second kappa shape index (κ2) is 8.19. The third-order valence-electron chi connectivity index (χ3n) is 4.48. The number of aromatic nitrogens is 2. The molecule has 1 aromatic carbocycles. The molecule has 0 saturated carbocycles. The average Bonchev–Trinajstić information content (AvgIpc) is 3.09. The van der Waals surface area contributed by atoms with Gasteiger partial charge in [-0.1, -0.05) is 13.8 Å². The number of anilines is 4. The largest absolute Gasteiger partial charge is 0.372 e. The lowest BCUT2D eigenvalue weighted by Crippen LogP contribution is -2.17. The van der Waals surface area contributed by atoms with Gasteiger partial charge >= 0.3 is 0 Å². The van der Waals surface area contributed by atoms with Crippen LogP contribution in [0.25, 0.3) is 0 Å². The van der Waals surface area contributed by atoms with Crippen molar-refractivity contribution in [3.05, 3.63) is 36.0 Å². The molecule has 0 spiro atoms. The van der Waals surface area contributed by atoms with E-state index in [0.29, 0.717) is 11.9 Å². The quantitative estimate of drug-likeness (QED) is 0.773. The molecule has 1 saturated heterocycles. The van der Waals surface area contributed by atoms with E-state index in [9.17, 15) is 0 Å². The summed E-state index contributed by atoms with van der Waals surface area (Å²) in [5.74, 6) is 2.20. The van der Waals surface area contributed by atoms with Crippen molar-refractivity contribution in [2.45, 2.75) is 40.0 Å². The zero-order chi connectivity index (χ0) is 17.6. The van der Waals surface area contributed by atoms with Gasteiger partial charge < -0.3 is 15.5 Å². The SMILES string of the molecule is Cc1cc(NCCC(C)C)nc(Nc2ccc(N3CCCC3)cc2)n1. The van der Waals surface area contributed by atoms with E-state index in [0.717, 1.165) is 30.2 Å². The van der Waals surface area contributed by atoms with E-state index >= 15 is 0 Å². The molecule has 0 radical (unpaired) electrons. The standard InChI is InChI=1S/C20H29N5/c1-15(2)10-11-21-19-14-16(3)22-20(24-19)23-17-6-8-18(9-7-17)25-12-4-5-13-25/h6-9,14-15H,4-5,10-13H2,1-3H3,(H2,21,22,23,24). The molecule has 5 nitrogen and oxygen atoms in total. The van der Waals surface area contributed by atoms with Crippen molar-refractivity contribution in [3.63, 3.8) is 0 Å². The topological polar surface area (TPSA) is 53.1 Å². The first kappa shape index (κ1) is 17.5. The van der Waals surface area contributed by atoms with Crippen molar-refractivity contribution in [1.29, 1.82) is 0 Å². The Morgan fingerprint density at radius 1 is 1.08 bits per heavy atom. The molecule has 2 heterocycles.